The first-order chi connectivity index (χ1) is 9.47. The molecule has 0 aliphatic carbocycles. The third-order valence-corrected chi connectivity index (χ3v) is 2.79. The molecule has 0 aliphatic heterocycles. The van der Waals surface area contributed by atoms with Crippen LogP contribution in [0.2, 0.25) is 10.0 Å². The maximum Gasteiger partial charge on any atom is 0.330 e. The number of ether oxygens (including phenoxy) is 2. The first-order valence-corrected chi connectivity index (χ1v) is 6.29. The SMILES string of the molecule is COC(=O)[C@@H](CO)NC(=O)COc1ccc(Cl)cc1Cl. The van der Waals surface area contributed by atoms with Gasteiger partial charge in [0, 0.05) is 5.02 Å². The zero-order valence-electron chi connectivity index (χ0n) is 10.6. The van der Waals surface area contributed by atoms with Crippen LogP contribution >= 0.6 is 23.2 Å². The highest BCUT2D eigenvalue weighted by atomic mass is 35.5. The van der Waals surface area contributed by atoms with Gasteiger partial charge in [-0.2, -0.15) is 0 Å². The topological polar surface area (TPSA) is 84.9 Å². The molecule has 0 saturated heterocycles. The number of rotatable bonds is 6. The van der Waals surface area contributed by atoms with Gasteiger partial charge in [-0.1, -0.05) is 23.2 Å². The van der Waals surface area contributed by atoms with Crippen molar-refractivity contribution < 1.29 is 24.2 Å². The Balaban J connectivity index is 2.52. The first kappa shape index (κ1) is 16.6. The van der Waals surface area contributed by atoms with Crippen molar-refractivity contribution >= 4 is 35.1 Å². The second-order valence-corrected chi connectivity index (χ2v) is 4.53. The van der Waals surface area contributed by atoms with Crippen LogP contribution in [0.3, 0.4) is 0 Å². The summed E-state index contributed by atoms with van der Waals surface area (Å²) in [5, 5.41) is 11.9. The highest BCUT2D eigenvalue weighted by Gasteiger charge is 2.20. The van der Waals surface area contributed by atoms with E-state index in [1.807, 2.05) is 0 Å². The number of halogens is 2. The fraction of sp³-hybridized carbons (Fsp3) is 0.333. The van der Waals surface area contributed by atoms with E-state index in [-0.39, 0.29) is 17.4 Å². The van der Waals surface area contributed by atoms with Crippen LogP contribution in [-0.2, 0) is 14.3 Å². The second-order valence-electron chi connectivity index (χ2n) is 3.69. The molecule has 1 rings (SSSR count). The number of carbonyl (C=O) groups excluding carboxylic acids is 2. The molecule has 6 nitrogen and oxygen atoms in total. The number of benzene rings is 1. The fourth-order valence-corrected chi connectivity index (χ4v) is 1.76. The molecular weight excluding hydrogens is 309 g/mol. The third kappa shape index (κ3) is 4.88. The van der Waals surface area contributed by atoms with Crippen LogP contribution in [0.5, 0.6) is 5.75 Å². The number of hydrogen-bond donors (Lipinski definition) is 2. The molecule has 2 N–H and O–H groups in total. The van der Waals surface area contributed by atoms with Crippen molar-refractivity contribution in [2.45, 2.75) is 6.04 Å². The number of aliphatic hydroxyl groups excluding tert-OH is 1. The minimum Gasteiger partial charge on any atom is -0.482 e. The lowest BCUT2D eigenvalue weighted by Crippen LogP contribution is -2.45. The van der Waals surface area contributed by atoms with Crippen molar-refractivity contribution in [3.05, 3.63) is 28.2 Å². The molecule has 1 aromatic rings. The molecule has 0 saturated carbocycles. The van der Waals surface area contributed by atoms with E-state index in [2.05, 4.69) is 10.1 Å². The van der Waals surface area contributed by atoms with E-state index in [0.717, 1.165) is 7.11 Å². The summed E-state index contributed by atoms with van der Waals surface area (Å²) in [6.07, 6.45) is 0. The predicted octanol–water partition coefficient (Wildman–Crippen LogP) is 1.02. The van der Waals surface area contributed by atoms with Gasteiger partial charge in [0.1, 0.15) is 5.75 Å². The number of amides is 1. The van der Waals surface area contributed by atoms with Gasteiger partial charge < -0.3 is 19.9 Å². The number of carbonyl (C=O) groups is 2. The number of aliphatic hydroxyl groups is 1. The van der Waals surface area contributed by atoms with Crippen LogP contribution < -0.4 is 10.1 Å². The van der Waals surface area contributed by atoms with Gasteiger partial charge in [-0.05, 0) is 18.2 Å². The monoisotopic (exact) mass is 321 g/mol. The molecule has 0 radical (unpaired) electrons. The van der Waals surface area contributed by atoms with Gasteiger partial charge in [0.25, 0.3) is 5.91 Å². The zero-order chi connectivity index (χ0) is 15.1. The molecule has 110 valence electrons. The molecule has 0 unspecified atom stereocenters. The maximum atomic E-state index is 11.6. The van der Waals surface area contributed by atoms with Crippen molar-refractivity contribution in [2.75, 3.05) is 20.3 Å². The minimum absolute atomic E-state index is 0.261. The van der Waals surface area contributed by atoms with Gasteiger partial charge in [-0.25, -0.2) is 4.79 Å². The van der Waals surface area contributed by atoms with Crippen LogP contribution in [0.15, 0.2) is 18.2 Å². The highest BCUT2D eigenvalue weighted by molar-refractivity contribution is 6.35. The highest BCUT2D eigenvalue weighted by Crippen LogP contribution is 2.27. The Kier molecular flexibility index (Phi) is 6.57. The van der Waals surface area contributed by atoms with Crippen molar-refractivity contribution in [2.24, 2.45) is 0 Å². The summed E-state index contributed by atoms with van der Waals surface area (Å²) in [5.41, 5.74) is 0. The molecule has 1 amide bonds. The lowest BCUT2D eigenvalue weighted by molar-refractivity contribution is -0.146. The third-order valence-electron chi connectivity index (χ3n) is 2.26. The molecular formula is C12H13Cl2NO5. The van der Waals surface area contributed by atoms with Gasteiger partial charge in [-0.15, -0.1) is 0 Å². The molecule has 1 atom stereocenters. The van der Waals surface area contributed by atoms with Crippen LogP contribution in [0.1, 0.15) is 0 Å². The summed E-state index contributed by atoms with van der Waals surface area (Å²) in [6.45, 7) is -0.936. The summed E-state index contributed by atoms with van der Waals surface area (Å²) >= 11 is 11.6. The minimum atomic E-state index is -1.13. The van der Waals surface area contributed by atoms with Gasteiger partial charge in [0.15, 0.2) is 12.6 Å². The van der Waals surface area contributed by atoms with Gasteiger partial charge in [0.2, 0.25) is 0 Å². The van der Waals surface area contributed by atoms with Crippen molar-refractivity contribution in [1.29, 1.82) is 0 Å². The summed E-state index contributed by atoms with van der Waals surface area (Å²) in [6, 6.07) is 3.42. The van der Waals surface area contributed by atoms with E-state index in [1.165, 1.54) is 12.1 Å². The van der Waals surface area contributed by atoms with Crippen molar-refractivity contribution in [3.63, 3.8) is 0 Å². The van der Waals surface area contributed by atoms with Gasteiger partial charge in [0.05, 0.1) is 18.7 Å². The smallest absolute Gasteiger partial charge is 0.330 e. The standard InChI is InChI=1S/C12H13Cl2NO5/c1-19-12(18)9(5-16)15-11(17)6-20-10-3-2-7(13)4-8(10)14/h2-4,9,16H,5-6H2,1H3,(H,15,17)/t9-/m1/s1. The summed E-state index contributed by atoms with van der Waals surface area (Å²) in [5.74, 6) is -1.06. The van der Waals surface area contributed by atoms with Crippen molar-refractivity contribution in [3.8, 4) is 5.75 Å². The number of methoxy groups -OCH3 is 1. The first-order valence-electron chi connectivity index (χ1n) is 5.53. The van der Waals surface area contributed by atoms with E-state index >= 15 is 0 Å². The summed E-state index contributed by atoms with van der Waals surface area (Å²) < 4.78 is 9.58. The average molecular weight is 322 g/mol. The number of hydrogen-bond acceptors (Lipinski definition) is 5. The fourth-order valence-electron chi connectivity index (χ4n) is 1.29. The molecule has 0 aliphatic rings. The Labute approximate surface area is 125 Å². The molecule has 0 bridgehead atoms. The predicted molar refractivity (Wildman–Crippen MR) is 73.0 cm³/mol. The lowest BCUT2D eigenvalue weighted by atomic mass is 10.3. The van der Waals surface area contributed by atoms with E-state index < -0.39 is 24.5 Å². The summed E-state index contributed by atoms with van der Waals surface area (Å²) in [7, 11) is 1.15. The Morgan fingerprint density at radius 3 is 2.65 bits per heavy atom. The van der Waals surface area contributed by atoms with Crippen LogP contribution in [0.4, 0.5) is 0 Å². The lowest BCUT2D eigenvalue weighted by Gasteiger charge is -2.14. The Morgan fingerprint density at radius 2 is 2.10 bits per heavy atom. The molecule has 8 heteroatoms. The van der Waals surface area contributed by atoms with Gasteiger partial charge >= 0.3 is 5.97 Å². The van der Waals surface area contributed by atoms with Crippen molar-refractivity contribution in [1.82, 2.24) is 5.32 Å². The molecule has 0 spiro atoms. The Hall–Kier alpha value is -1.50. The largest absolute Gasteiger partial charge is 0.482 e. The zero-order valence-corrected chi connectivity index (χ0v) is 12.1. The quantitative estimate of drug-likeness (QED) is 0.764. The molecule has 0 heterocycles. The molecule has 20 heavy (non-hydrogen) atoms. The Bertz CT molecular complexity index is 495. The second kappa shape index (κ2) is 7.94. The molecule has 1 aromatic carbocycles. The van der Waals surface area contributed by atoms with Crippen LogP contribution in [0, 0.1) is 0 Å². The molecule has 0 aromatic heterocycles. The van der Waals surface area contributed by atoms with Crippen LogP contribution in [0.25, 0.3) is 0 Å². The number of nitrogens with one attached hydrogen (secondary N) is 1. The number of esters is 1. The summed E-state index contributed by atoms with van der Waals surface area (Å²) in [4.78, 5) is 22.7. The van der Waals surface area contributed by atoms with Gasteiger partial charge in [-0.3, -0.25) is 4.79 Å². The normalized spacial score (nSPS) is 11.6. The van der Waals surface area contributed by atoms with E-state index in [4.69, 9.17) is 33.0 Å². The van der Waals surface area contributed by atoms with E-state index in [1.54, 1.807) is 6.07 Å². The van der Waals surface area contributed by atoms with E-state index in [0.29, 0.717) is 5.02 Å². The van der Waals surface area contributed by atoms with Crippen LogP contribution in [-0.4, -0.2) is 43.3 Å². The maximum absolute atomic E-state index is 11.6. The van der Waals surface area contributed by atoms with E-state index in [9.17, 15) is 9.59 Å². The molecule has 0 fully saturated rings. The Morgan fingerprint density at radius 1 is 1.40 bits per heavy atom. The average Bonchev–Trinajstić information content (AvgIpc) is 2.43.